The van der Waals surface area contributed by atoms with Crippen LogP contribution in [0.3, 0.4) is 0 Å². The van der Waals surface area contributed by atoms with Crippen molar-refractivity contribution in [1.29, 1.82) is 0 Å². The Bertz CT molecular complexity index is 733. The van der Waals surface area contributed by atoms with Crippen molar-refractivity contribution in [3.63, 3.8) is 0 Å². The average Bonchev–Trinajstić information content (AvgIpc) is 3.05. The van der Waals surface area contributed by atoms with Gasteiger partial charge in [-0.2, -0.15) is 0 Å². The standard InChI is InChI=1S/C29H46O2/c1-19(10-11-20(2)28(4,5)6)24-14-15-25-23(9-8-16-29(24,25)7)13-12-22-17-26(30)21(3)27(31)18-22/h10-13,19-20,24-27,30-31H,3,8-9,14-18H2,1-2,4-7H3/b11-10+,23-13+/t19-,20-,24?,25-,26+,27+,29+/m0/s1. The molecule has 3 fully saturated rings. The molecule has 2 heteroatoms. The van der Waals surface area contributed by atoms with E-state index in [1.54, 1.807) is 5.57 Å². The third kappa shape index (κ3) is 5.28. The fourth-order valence-corrected chi connectivity index (χ4v) is 6.33. The van der Waals surface area contributed by atoms with Crippen LogP contribution in [0, 0.1) is 34.5 Å². The Morgan fingerprint density at radius 1 is 1.03 bits per heavy atom. The molecule has 0 spiro atoms. The summed E-state index contributed by atoms with van der Waals surface area (Å²) in [6.45, 7) is 18.1. The van der Waals surface area contributed by atoms with Crippen LogP contribution in [0.25, 0.3) is 0 Å². The first kappa shape index (κ1) is 24.5. The van der Waals surface area contributed by atoms with Crippen molar-refractivity contribution in [2.45, 2.75) is 98.7 Å². The number of allylic oxidation sites excluding steroid dienone is 5. The van der Waals surface area contributed by atoms with Crippen molar-refractivity contribution in [3.8, 4) is 0 Å². The van der Waals surface area contributed by atoms with Gasteiger partial charge in [0.25, 0.3) is 0 Å². The van der Waals surface area contributed by atoms with Crippen molar-refractivity contribution < 1.29 is 10.2 Å². The second kappa shape index (κ2) is 9.40. The van der Waals surface area contributed by atoms with Crippen LogP contribution in [0.1, 0.15) is 86.5 Å². The third-order valence-corrected chi connectivity index (χ3v) is 9.04. The monoisotopic (exact) mass is 426 g/mol. The number of hydrogen-bond acceptors (Lipinski definition) is 2. The number of hydrogen-bond donors (Lipinski definition) is 2. The molecule has 0 aromatic heterocycles. The van der Waals surface area contributed by atoms with E-state index in [1.807, 2.05) is 0 Å². The van der Waals surface area contributed by atoms with E-state index in [-0.39, 0.29) is 0 Å². The minimum absolute atomic E-state index is 0.319. The Labute approximate surface area is 191 Å². The fraction of sp³-hybridized carbons (Fsp3) is 0.724. The van der Waals surface area contributed by atoms with Crippen molar-refractivity contribution in [2.75, 3.05) is 0 Å². The summed E-state index contributed by atoms with van der Waals surface area (Å²) in [5.41, 5.74) is 4.01. The highest BCUT2D eigenvalue weighted by atomic mass is 16.3. The molecular formula is C29H46O2. The summed E-state index contributed by atoms with van der Waals surface area (Å²) in [5, 5.41) is 20.3. The molecule has 0 aliphatic heterocycles. The average molecular weight is 427 g/mol. The predicted molar refractivity (Wildman–Crippen MR) is 132 cm³/mol. The second-order valence-electron chi connectivity index (χ2n) is 12.1. The normalized spacial score (nSPS) is 37.9. The van der Waals surface area contributed by atoms with Gasteiger partial charge in [-0.25, -0.2) is 0 Å². The van der Waals surface area contributed by atoms with Crippen molar-refractivity contribution in [2.24, 2.45) is 34.5 Å². The molecular weight excluding hydrogens is 380 g/mol. The van der Waals surface area contributed by atoms with Gasteiger partial charge in [0, 0.05) is 0 Å². The summed E-state index contributed by atoms with van der Waals surface area (Å²) in [5.74, 6) is 2.63. The van der Waals surface area contributed by atoms with Crippen molar-refractivity contribution >= 4 is 0 Å². The van der Waals surface area contributed by atoms with Crippen LogP contribution in [0.2, 0.25) is 0 Å². The Morgan fingerprint density at radius 3 is 2.29 bits per heavy atom. The van der Waals surface area contributed by atoms with E-state index in [2.05, 4.69) is 72.4 Å². The van der Waals surface area contributed by atoms with Crippen LogP contribution in [0.15, 0.2) is 47.6 Å². The van der Waals surface area contributed by atoms with Gasteiger partial charge in [0.2, 0.25) is 0 Å². The molecule has 0 aromatic rings. The Hall–Kier alpha value is -1.12. The Kier molecular flexibility index (Phi) is 7.43. The van der Waals surface area contributed by atoms with Gasteiger partial charge in [-0.15, -0.1) is 0 Å². The van der Waals surface area contributed by atoms with Crippen molar-refractivity contribution in [3.05, 3.63) is 47.6 Å². The molecule has 0 amide bonds. The zero-order chi connectivity index (χ0) is 23.0. The van der Waals surface area contributed by atoms with Crippen molar-refractivity contribution in [1.82, 2.24) is 0 Å². The van der Waals surface area contributed by atoms with Gasteiger partial charge in [0.1, 0.15) is 0 Å². The molecule has 2 nitrogen and oxygen atoms in total. The minimum atomic E-state index is -0.607. The van der Waals surface area contributed by atoms with Gasteiger partial charge in [-0.3, -0.25) is 0 Å². The molecule has 3 saturated carbocycles. The molecule has 3 rings (SSSR count). The zero-order valence-corrected chi connectivity index (χ0v) is 20.8. The lowest BCUT2D eigenvalue weighted by molar-refractivity contribution is 0.112. The number of aliphatic hydroxyl groups is 2. The van der Waals surface area contributed by atoms with E-state index in [9.17, 15) is 10.2 Å². The van der Waals surface area contributed by atoms with Crippen LogP contribution in [0.5, 0.6) is 0 Å². The molecule has 0 aromatic carbocycles. The molecule has 31 heavy (non-hydrogen) atoms. The fourth-order valence-electron chi connectivity index (χ4n) is 6.33. The molecule has 0 bridgehead atoms. The van der Waals surface area contributed by atoms with Gasteiger partial charge < -0.3 is 10.2 Å². The highest BCUT2D eigenvalue weighted by Crippen LogP contribution is 2.59. The molecule has 0 heterocycles. The van der Waals surface area contributed by atoms with E-state index in [4.69, 9.17) is 0 Å². The molecule has 3 aliphatic rings. The smallest absolute Gasteiger partial charge is 0.0809 e. The quantitative estimate of drug-likeness (QED) is 0.475. The first-order chi connectivity index (χ1) is 14.4. The molecule has 0 radical (unpaired) electrons. The van der Waals surface area contributed by atoms with E-state index >= 15 is 0 Å². The van der Waals surface area contributed by atoms with E-state index in [1.165, 1.54) is 32.1 Å². The maximum absolute atomic E-state index is 10.2. The minimum Gasteiger partial charge on any atom is -0.388 e. The molecule has 3 aliphatic carbocycles. The highest BCUT2D eigenvalue weighted by Gasteiger charge is 2.50. The number of fused-ring (bicyclic) bond motifs is 1. The summed E-state index contributed by atoms with van der Waals surface area (Å²) in [4.78, 5) is 0. The van der Waals surface area contributed by atoms with Gasteiger partial charge in [0.15, 0.2) is 0 Å². The van der Waals surface area contributed by atoms with E-state index < -0.39 is 12.2 Å². The zero-order valence-electron chi connectivity index (χ0n) is 20.8. The summed E-state index contributed by atoms with van der Waals surface area (Å²) in [6.07, 6.45) is 15.9. The van der Waals surface area contributed by atoms with Crippen LogP contribution in [-0.4, -0.2) is 22.4 Å². The summed E-state index contributed by atoms with van der Waals surface area (Å²) in [6, 6.07) is 0. The maximum atomic E-state index is 10.2. The van der Waals surface area contributed by atoms with Gasteiger partial charge in [-0.1, -0.05) is 83.6 Å². The topological polar surface area (TPSA) is 40.5 Å². The summed E-state index contributed by atoms with van der Waals surface area (Å²) < 4.78 is 0. The first-order valence-corrected chi connectivity index (χ1v) is 12.5. The van der Waals surface area contributed by atoms with E-state index in [0.29, 0.717) is 47.0 Å². The van der Waals surface area contributed by atoms with Gasteiger partial charge >= 0.3 is 0 Å². The van der Waals surface area contributed by atoms with Gasteiger partial charge in [0.05, 0.1) is 12.2 Å². The van der Waals surface area contributed by atoms with Gasteiger partial charge in [-0.05, 0) is 85.0 Å². The lowest BCUT2D eigenvalue weighted by Gasteiger charge is -2.44. The molecule has 7 atom stereocenters. The SMILES string of the molecule is C=C1[C@H](O)CC(=C/C=C2\CCC[C@]3(C)C([C@@H](C)/C=C/[C@H](C)C(C)(C)C)CC[C@@H]23)C[C@H]1O. The third-order valence-electron chi connectivity index (χ3n) is 9.04. The molecule has 0 saturated heterocycles. The van der Waals surface area contributed by atoms with Crippen LogP contribution >= 0.6 is 0 Å². The van der Waals surface area contributed by atoms with Crippen LogP contribution in [0.4, 0.5) is 0 Å². The van der Waals surface area contributed by atoms with E-state index in [0.717, 1.165) is 11.5 Å². The second-order valence-corrected chi connectivity index (χ2v) is 12.1. The predicted octanol–water partition coefficient (Wildman–Crippen LogP) is 7.00. The van der Waals surface area contributed by atoms with Crippen LogP contribution < -0.4 is 0 Å². The summed E-state index contributed by atoms with van der Waals surface area (Å²) >= 11 is 0. The number of aliphatic hydroxyl groups excluding tert-OH is 2. The molecule has 174 valence electrons. The number of rotatable bonds is 4. The molecule has 1 unspecified atom stereocenters. The highest BCUT2D eigenvalue weighted by molar-refractivity contribution is 5.29. The summed E-state index contributed by atoms with van der Waals surface area (Å²) in [7, 11) is 0. The van der Waals surface area contributed by atoms with Crippen LogP contribution in [-0.2, 0) is 0 Å². The maximum Gasteiger partial charge on any atom is 0.0809 e. The Morgan fingerprint density at radius 2 is 1.68 bits per heavy atom. The largest absolute Gasteiger partial charge is 0.388 e. The lowest BCUT2D eigenvalue weighted by atomic mass is 9.61. The lowest BCUT2D eigenvalue weighted by Crippen LogP contribution is -2.35. The Balaban J connectivity index is 1.73. The first-order valence-electron chi connectivity index (χ1n) is 12.5. The molecule has 2 N–H and O–H groups in total.